The Bertz CT molecular complexity index is 552. The smallest absolute Gasteiger partial charge is 0.125 e. The van der Waals surface area contributed by atoms with Gasteiger partial charge in [0, 0.05) is 20.5 Å². The minimum absolute atomic E-state index is 0.290. The summed E-state index contributed by atoms with van der Waals surface area (Å²) in [6, 6.07) is 10.4. The Morgan fingerprint density at radius 2 is 1.78 bits per heavy atom. The zero-order valence-electron chi connectivity index (χ0n) is 9.18. The molecule has 0 saturated heterocycles. The van der Waals surface area contributed by atoms with Crippen LogP contribution in [-0.2, 0) is 6.54 Å². The van der Waals surface area contributed by atoms with Crippen LogP contribution in [0, 0.1) is 5.82 Å². The third-order valence-electron chi connectivity index (χ3n) is 2.37. The highest BCUT2D eigenvalue weighted by Gasteiger charge is 2.07. The van der Waals surface area contributed by atoms with Crippen molar-refractivity contribution in [3.05, 3.63) is 61.7 Å². The molecule has 0 aliphatic rings. The number of anilines is 1. The summed E-state index contributed by atoms with van der Waals surface area (Å²) in [4.78, 5) is 0. The maximum Gasteiger partial charge on any atom is 0.125 e. The molecule has 0 bridgehead atoms. The molecule has 0 amide bonds. The molecule has 0 aliphatic carbocycles. The van der Waals surface area contributed by atoms with Crippen LogP contribution in [0.15, 0.2) is 45.3 Å². The van der Waals surface area contributed by atoms with Crippen LogP contribution in [0.3, 0.4) is 0 Å². The summed E-state index contributed by atoms with van der Waals surface area (Å²) in [5.74, 6) is -0.290. The molecule has 5 heteroatoms. The standard InChI is InChI=1S/C13H9Br2ClFN/c14-11-5-10(17)6-12(15)13(11)18-7-8-2-1-3-9(16)4-8/h1-6,18H,7H2. The van der Waals surface area contributed by atoms with E-state index in [1.54, 1.807) is 0 Å². The lowest BCUT2D eigenvalue weighted by molar-refractivity contribution is 0.626. The molecule has 94 valence electrons. The van der Waals surface area contributed by atoms with Crippen molar-refractivity contribution in [2.75, 3.05) is 5.32 Å². The fourth-order valence-corrected chi connectivity index (χ4v) is 3.17. The number of hydrogen-bond donors (Lipinski definition) is 1. The molecule has 0 saturated carbocycles. The highest BCUT2D eigenvalue weighted by atomic mass is 79.9. The molecule has 0 atom stereocenters. The molecule has 0 spiro atoms. The first-order valence-electron chi connectivity index (χ1n) is 5.19. The normalized spacial score (nSPS) is 10.4. The van der Waals surface area contributed by atoms with E-state index >= 15 is 0 Å². The van der Waals surface area contributed by atoms with E-state index in [1.165, 1.54) is 12.1 Å². The molecule has 18 heavy (non-hydrogen) atoms. The number of nitrogens with one attached hydrogen (secondary N) is 1. The Labute approximate surface area is 127 Å². The van der Waals surface area contributed by atoms with Gasteiger partial charge in [0.05, 0.1) is 5.69 Å². The van der Waals surface area contributed by atoms with Crippen LogP contribution < -0.4 is 5.32 Å². The van der Waals surface area contributed by atoms with Crippen molar-refractivity contribution in [3.63, 3.8) is 0 Å². The molecule has 0 fully saturated rings. The van der Waals surface area contributed by atoms with E-state index in [4.69, 9.17) is 11.6 Å². The van der Waals surface area contributed by atoms with Crippen LogP contribution in [0.1, 0.15) is 5.56 Å². The maximum atomic E-state index is 13.1. The topological polar surface area (TPSA) is 12.0 Å². The highest BCUT2D eigenvalue weighted by molar-refractivity contribution is 9.11. The summed E-state index contributed by atoms with van der Waals surface area (Å²) in [6.07, 6.45) is 0. The molecule has 2 aromatic carbocycles. The second-order valence-corrected chi connectivity index (χ2v) is 5.87. The highest BCUT2D eigenvalue weighted by Crippen LogP contribution is 2.32. The molecule has 0 aromatic heterocycles. The summed E-state index contributed by atoms with van der Waals surface area (Å²) in [7, 11) is 0. The quantitative estimate of drug-likeness (QED) is 0.714. The molecule has 2 rings (SSSR count). The van der Waals surface area contributed by atoms with Crippen molar-refractivity contribution in [1.29, 1.82) is 0 Å². The van der Waals surface area contributed by atoms with Gasteiger partial charge in [0.15, 0.2) is 0 Å². The molecule has 0 unspecified atom stereocenters. The van der Waals surface area contributed by atoms with Gasteiger partial charge in [-0.15, -0.1) is 0 Å². The van der Waals surface area contributed by atoms with E-state index < -0.39 is 0 Å². The zero-order valence-corrected chi connectivity index (χ0v) is 13.1. The van der Waals surface area contributed by atoms with E-state index in [1.807, 2.05) is 24.3 Å². The second-order valence-electron chi connectivity index (χ2n) is 3.73. The minimum atomic E-state index is -0.290. The number of hydrogen-bond acceptors (Lipinski definition) is 1. The minimum Gasteiger partial charge on any atom is -0.379 e. The van der Waals surface area contributed by atoms with Crippen molar-refractivity contribution < 1.29 is 4.39 Å². The summed E-state index contributed by atoms with van der Waals surface area (Å²) in [5.41, 5.74) is 1.88. The van der Waals surface area contributed by atoms with Gasteiger partial charge in [-0.1, -0.05) is 23.7 Å². The van der Waals surface area contributed by atoms with Crippen LogP contribution in [0.25, 0.3) is 0 Å². The van der Waals surface area contributed by atoms with Crippen LogP contribution >= 0.6 is 43.5 Å². The Balaban J connectivity index is 2.16. The fourth-order valence-electron chi connectivity index (χ4n) is 1.55. The first kappa shape index (κ1) is 13.8. The van der Waals surface area contributed by atoms with E-state index in [0.717, 1.165) is 11.3 Å². The summed E-state index contributed by atoms with van der Waals surface area (Å²) < 4.78 is 14.5. The molecular weight excluding hydrogens is 384 g/mol. The third kappa shape index (κ3) is 3.46. The van der Waals surface area contributed by atoms with Crippen LogP contribution in [0.2, 0.25) is 5.02 Å². The first-order valence-corrected chi connectivity index (χ1v) is 7.15. The van der Waals surface area contributed by atoms with Gasteiger partial charge in [0.2, 0.25) is 0 Å². The number of halogens is 4. The van der Waals surface area contributed by atoms with E-state index in [9.17, 15) is 4.39 Å². The lowest BCUT2D eigenvalue weighted by Crippen LogP contribution is -2.01. The van der Waals surface area contributed by atoms with Gasteiger partial charge >= 0.3 is 0 Å². The summed E-state index contributed by atoms with van der Waals surface area (Å²) in [6.45, 7) is 0.614. The average molecular weight is 393 g/mol. The van der Waals surface area contributed by atoms with Gasteiger partial charge in [0.25, 0.3) is 0 Å². The monoisotopic (exact) mass is 391 g/mol. The van der Waals surface area contributed by atoms with Crippen molar-refractivity contribution in [1.82, 2.24) is 0 Å². The molecular formula is C13H9Br2ClFN. The van der Waals surface area contributed by atoms with Crippen molar-refractivity contribution in [2.45, 2.75) is 6.54 Å². The molecule has 0 heterocycles. The predicted molar refractivity (Wildman–Crippen MR) is 80.6 cm³/mol. The maximum absolute atomic E-state index is 13.1. The van der Waals surface area contributed by atoms with Gasteiger partial charge in [-0.05, 0) is 61.7 Å². The van der Waals surface area contributed by atoms with Gasteiger partial charge in [0.1, 0.15) is 5.82 Å². The van der Waals surface area contributed by atoms with Crippen molar-refractivity contribution >= 4 is 49.1 Å². The van der Waals surface area contributed by atoms with Gasteiger partial charge in [-0.3, -0.25) is 0 Å². The van der Waals surface area contributed by atoms with Crippen molar-refractivity contribution in [3.8, 4) is 0 Å². The molecule has 0 radical (unpaired) electrons. The second kappa shape index (κ2) is 6.04. The predicted octanol–water partition coefficient (Wildman–Crippen LogP) is 5.62. The van der Waals surface area contributed by atoms with Crippen LogP contribution in [0.5, 0.6) is 0 Å². The van der Waals surface area contributed by atoms with E-state index in [-0.39, 0.29) is 5.82 Å². The Morgan fingerprint density at radius 1 is 1.11 bits per heavy atom. The third-order valence-corrected chi connectivity index (χ3v) is 3.85. The first-order chi connectivity index (χ1) is 8.56. The molecule has 1 N–H and O–H groups in total. The molecule has 0 aliphatic heterocycles. The summed E-state index contributed by atoms with van der Waals surface area (Å²) >= 11 is 12.6. The van der Waals surface area contributed by atoms with Crippen LogP contribution in [0.4, 0.5) is 10.1 Å². The Hall–Kier alpha value is -0.580. The van der Waals surface area contributed by atoms with Crippen LogP contribution in [-0.4, -0.2) is 0 Å². The lowest BCUT2D eigenvalue weighted by atomic mass is 10.2. The SMILES string of the molecule is Fc1cc(Br)c(NCc2cccc(Cl)c2)c(Br)c1. The Morgan fingerprint density at radius 3 is 2.39 bits per heavy atom. The van der Waals surface area contributed by atoms with Gasteiger partial charge in [-0.25, -0.2) is 4.39 Å². The van der Waals surface area contributed by atoms with Crippen molar-refractivity contribution in [2.24, 2.45) is 0 Å². The number of rotatable bonds is 3. The lowest BCUT2D eigenvalue weighted by Gasteiger charge is -2.11. The van der Waals surface area contributed by atoms with E-state index in [2.05, 4.69) is 37.2 Å². The summed E-state index contributed by atoms with van der Waals surface area (Å²) in [5, 5.41) is 3.93. The average Bonchev–Trinajstić information content (AvgIpc) is 2.27. The molecule has 2 aromatic rings. The van der Waals surface area contributed by atoms with Gasteiger partial charge < -0.3 is 5.32 Å². The van der Waals surface area contributed by atoms with E-state index in [0.29, 0.717) is 20.5 Å². The number of benzene rings is 2. The fraction of sp³-hybridized carbons (Fsp3) is 0.0769. The largest absolute Gasteiger partial charge is 0.379 e. The van der Waals surface area contributed by atoms with Gasteiger partial charge in [-0.2, -0.15) is 0 Å². The zero-order chi connectivity index (χ0) is 13.1. The Kier molecular flexibility index (Phi) is 4.65. The molecule has 1 nitrogen and oxygen atoms in total.